The number of ether oxygens (including phenoxy) is 1. The molecule has 0 saturated carbocycles. The Bertz CT molecular complexity index is 290. The van der Waals surface area contributed by atoms with Crippen LogP contribution in [0.1, 0.15) is 19.3 Å². The van der Waals surface area contributed by atoms with Gasteiger partial charge in [-0.1, -0.05) is 0 Å². The van der Waals surface area contributed by atoms with Gasteiger partial charge >= 0.3 is 0 Å². The fourth-order valence-corrected chi connectivity index (χ4v) is 2.00. The number of amides is 2. The molecule has 1 heterocycles. The van der Waals surface area contributed by atoms with Crippen LogP contribution in [0.4, 0.5) is 0 Å². The second-order valence-electron chi connectivity index (χ2n) is 4.40. The van der Waals surface area contributed by atoms with Crippen LogP contribution < -0.4 is 11.5 Å². The molecule has 1 rings (SSSR count). The van der Waals surface area contributed by atoms with Crippen LogP contribution in [0, 0.1) is 0 Å². The number of piperidine rings is 1. The largest absolute Gasteiger partial charge is 0.394 e. The number of likely N-dealkylation sites (tertiary alicyclic amines) is 1. The minimum atomic E-state index is -0.850. The molecule has 18 heavy (non-hydrogen) atoms. The van der Waals surface area contributed by atoms with E-state index in [1.807, 2.05) is 0 Å². The number of hydrogen-bond donors (Lipinski definition) is 3. The number of aliphatic hydroxyl groups excluding tert-OH is 1. The SMILES string of the molecule is NC(=O)CC(N)C(=O)N1CCC(OCCO)CC1. The third-order valence-corrected chi connectivity index (χ3v) is 2.94. The number of carbonyl (C=O) groups is 2. The first-order valence-electron chi connectivity index (χ1n) is 6.09. The van der Waals surface area contributed by atoms with Crippen molar-refractivity contribution in [2.75, 3.05) is 26.3 Å². The lowest BCUT2D eigenvalue weighted by molar-refractivity contribution is -0.137. The average molecular weight is 259 g/mol. The molecule has 7 heteroatoms. The molecule has 0 aromatic rings. The van der Waals surface area contributed by atoms with Gasteiger partial charge in [0.1, 0.15) is 0 Å². The number of rotatable bonds is 6. The van der Waals surface area contributed by atoms with Crippen LogP contribution in [0.3, 0.4) is 0 Å². The molecule has 7 nitrogen and oxygen atoms in total. The quantitative estimate of drug-likeness (QED) is 0.519. The van der Waals surface area contributed by atoms with Gasteiger partial charge in [0.25, 0.3) is 0 Å². The number of primary amides is 1. The molecule has 1 unspecified atom stereocenters. The van der Waals surface area contributed by atoms with E-state index in [-0.39, 0.29) is 25.0 Å². The van der Waals surface area contributed by atoms with E-state index in [2.05, 4.69) is 0 Å². The number of hydrogen-bond acceptors (Lipinski definition) is 5. The predicted molar refractivity (Wildman–Crippen MR) is 64.4 cm³/mol. The lowest BCUT2D eigenvalue weighted by Gasteiger charge is -2.33. The van der Waals surface area contributed by atoms with Crippen LogP contribution in [-0.2, 0) is 14.3 Å². The molecular weight excluding hydrogens is 238 g/mol. The monoisotopic (exact) mass is 259 g/mol. The van der Waals surface area contributed by atoms with Gasteiger partial charge in [0.2, 0.25) is 11.8 Å². The lowest BCUT2D eigenvalue weighted by Crippen LogP contribution is -2.49. The van der Waals surface area contributed by atoms with Crippen LogP contribution in [-0.4, -0.2) is 60.3 Å². The van der Waals surface area contributed by atoms with Crippen LogP contribution in [0.5, 0.6) is 0 Å². The third-order valence-electron chi connectivity index (χ3n) is 2.94. The molecule has 0 aliphatic carbocycles. The molecule has 2 amide bonds. The Labute approximate surface area is 106 Å². The Kier molecular flexibility index (Phi) is 6.03. The highest BCUT2D eigenvalue weighted by molar-refractivity contribution is 5.87. The van der Waals surface area contributed by atoms with Crippen LogP contribution in [0.15, 0.2) is 0 Å². The first kappa shape index (κ1) is 14.9. The molecule has 1 saturated heterocycles. The maximum absolute atomic E-state index is 11.9. The Morgan fingerprint density at radius 1 is 1.39 bits per heavy atom. The van der Waals surface area contributed by atoms with Gasteiger partial charge in [-0.15, -0.1) is 0 Å². The van der Waals surface area contributed by atoms with Crippen LogP contribution in [0.25, 0.3) is 0 Å². The zero-order valence-corrected chi connectivity index (χ0v) is 10.4. The summed E-state index contributed by atoms with van der Waals surface area (Å²) in [4.78, 5) is 24.2. The highest BCUT2D eigenvalue weighted by Gasteiger charge is 2.27. The third kappa shape index (κ3) is 4.59. The van der Waals surface area contributed by atoms with Crippen molar-refractivity contribution in [1.82, 2.24) is 4.90 Å². The minimum Gasteiger partial charge on any atom is -0.394 e. The summed E-state index contributed by atoms with van der Waals surface area (Å²) in [7, 11) is 0. The zero-order valence-electron chi connectivity index (χ0n) is 10.4. The summed E-state index contributed by atoms with van der Waals surface area (Å²) in [5, 5.41) is 8.64. The summed E-state index contributed by atoms with van der Waals surface area (Å²) in [6.45, 7) is 1.44. The van der Waals surface area contributed by atoms with E-state index >= 15 is 0 Å². The number of nitrogens with zero attached hydrogens (tertiary/aromatic N) is 1. The van der Waals surface area contributed by atoms with Gasteiger partial charge in [0.05, 0.1) is 31.8 Å². The molecule has 0 bridgehead atoms. The summed E-state index contributed by atoms with van der Waals surface area (Å²) in [6, 6.07) is -0.850. The fraction of sp³-hybridized carbons (Fsp3) is 0.818. The van der Waals surface area contributed by atoms with Crippen LogP contribution in [0.2, 0.25) is 0 Å². The molecule has 1 atom stereocenters. The van der Waals surface area contributed by atoms with Crippen molar-refractivity contribution in [3.63, 3.8) is 0 Å². The molecule has 0 spiro atoms. The average Bonchev–Trinajstić information content (AvgIpc) is 2.35. The Balaban J connectivity index is 2.33. The molecular formula is C11H21N3O4. The van der Waals surface area contributed by atoms with Gasteiger partial charge in [-0.05, 0) is 12.8 Å². The van der Waals surface area contributed by atoms with E-state index in [0.29, 0.717) is 19.7 Å². The minimum absolute atomic E-state index is 0.00261. The maximum Gasteiger partial charge on any atom is 0.240 e. The van der Waals surface area contributed by atoms with Gasteiger partial charge in [0.15, 0.2) is 0 Å². The van der Waals surface area contributed by atoms with Crippen molar-refractivity contribution < 1.29 is 19.4 Å². The van der Waals surface area contributed by atoms with E-state index in [1.54, 1.807) is 4.90 Å². The van der Waals surface area contributed by atoms with E-state index in [9.17, 15) is 9.59 Å². The number of carbonyl (C=O) groups excluding carboxylic acids is 2. The predicted octanol–water partition coefficient (Wildman–Crippen LogP) is -1.81. The highest BCUT2D eigenvalue weighted by Crippen LogP contribution is 2.14. The second-order valence-corrected chi connectivity index (χ2v) is 4.40. The summed E-state index contributed by atoms with van der Waals surface area (Å²) in [5.41, 5.74) is 10.6. The van der Waals surface area contributed by atoms with Crippen molar-refractivity contribution in [3.05, 3.63) is 0 Å². The molecule has 0 radical (unpaired) electrons. The summed E-state index contributed by atoms with van der Waals surface area (Å²) in [5.74, 6) is -0.813. The molecule has 0 aromatic carbocycles. The molecule has 1 aliphatic heterocycles. The molecule has 1 aliphatic rings. The van der Waals surface area contributed by atoms with Gasteiger partial charge in [-0.2, -0.15) is 0 Å². The smallest absolute Gasteiger partial charge is 0.240 e. The van der Waals surface area contributed by atoms with Gasteiger partial charge < -0.3 is 26.2 Å². The lowest BCUT2D eigenvalue weighted by atomic mass is 10.1. The Morgan fingerprint density at radius 3 is 2.50 bits per heavy atom. The second kappa shape index (κ2) is 7.30. The van der Waals surface area contributed by atoms with Gasteiger partial charge in [0, 0.05) is 13.1 Å². The standard InChI is InChI=1S/C11H21N3O4/c12-9(7-10(13)16)11(17)14-3-1-8(2-4-14)18-6-5-15/h8-9,15H,1-7,12H2,(H2,13,16). The first-order chi connectivity index (χ1) is 8.54. The van der Waals surface area contributed by atoms with Crippen molar-refractivity contribution in [1.29, 1.82) is 0 Å². The number of aliphatic hydroxyl groups is 1. The van der Waals surface area contributed by atoms with E-state index in [0.717, 1.165) is 12.8 Å². The van der Waals surface area contributed by atoms with E-state index in [4.69, 9.17) is 21.3 Å². The van der Waals surface area contributed by atoms with Crippen LogP contribution >= 0.6 is 0 Å². The maximum atomic E-state index is 11.9. The van der Waals surface area contributed by atoms with Crippen molar-refractivity contribution in [2.24, 2.45) is 11.5 Å². The Hall–Kier alpha value is -1.18. The topological polar surface area (TPSA) is 119 Å². The summed E-state index contributed by atoms with van der Waals surface area (Å²) >= 11 is 0. The highest BCUT2D eigenvalue weighted by atomic mass is 16.5. The number of nitrogens with two attached hydrogens (primary N) is 2. The van der Waals surface area contributed by atoms with Crippen molar-refractivity contribution in [2.45, 2.75) is 31.4 Å². The van der Waals surface area contributed by atoms with E-state index in [1.165, 1.54) is 0 Å². The molecule has 1 fully saturated rings. The van der Waals surface area contributed by atoms with Crippen molar-refractivity contribution in [3.8, 4) is 0 Å². The van der Waals surface area contributed by atoms with Gasteiger partial charge in [-0.25, -0.2) is 0 Å². The summed E-state index contributed by atoms with van der Waals surface area (Å²) in [6.07, 6.45) is 1.39. The first-order valence-corrected chi connectivity index (χ1v) is 6.09. The van der Waals surface area contributed by atoms with E-state index < -0.39 is 11.9 Å². The van der Waals surface area contributed by atoms with Crippen molar-refractivity contribution >= 4 is 11.8 Å². The van der Waals surface area contributed by atoms with Gasteiger partial charge in [-0.3, -0.25) is 9.59 Å². The normalized spacial score (nSPS) is 18.7. The Morgan fingerprint density at radius 2 is 2.00 bits per heavy atom. The fourth-order valence-electron chi connectivity index (χ4n) is 2.00. The molecule has 104 valence electrons. The zero-order chi connectivity index (χ0) is 13.5. The molecule has 0 aromatic heterocycles. The molecule has 5 N–H and O–H groups in total. The summed E-state index contributed by atoms with van der Waals surface area (Å²) < 4.78 is 5.39.